The van der Waals surface area contributed by atoms with Gasteiger partial charge in [-0.1, -0.05) is 12.1 Å². The second-order valence-electron chi connectivity index (χ2n) is 5.13. The van der Waals surface area contributed by atoms with E-state index in [0.29, 0.717) is 5.69 Å². The quantitative estimate of drug-likeness (QED) is 0.843. The van der Waals surface area contributed by atoms with E-state index in [4.69, 9.17) is 0 Å². The van der Waals surface area contributed by atoms with E-state index in [9.17, 15) is 9.18 Å². The van der Waals surface area contributed by atoms with Gasteiger partial charge in [0, 0.05) is 19.8 Å². The number of likely N-dealkylation sites (tertiary alicyclic amines) is 1. The number of rotatable bonds is 2. The number of aryl methyl sites for hydroxylation is 1. The summed E-state index contributed by atoms with van der Waals surface area (Å²) in [6.45, 7) is 0.720. The molecule has 1 amide bonds. The maximum atomic E-state index is 13.0. The Hall–Kier alpha value is -2.17. The highest BCUT2D eigenvalue weighted by Crippen LogP contribution is 2.32. The molecule has 1 unspecified atom stereocenters. The first-order chi connectivity index (χ1) is 9.65. The van der Waals surface area contributed by atoms with Gasteiger partial charge in [-0.25, -0.2) is 9.37 Å². The van der Waals surface area contributed by atoms with E-state index in [1.807, 2.05) is 11.9 Å². The largest absolute Gasteiger partial charge is 0.340 e. The monoisotopic (exact) mass is 273 g/mol. The second kappa shape index (κ2) is 5.07. The van der Waals surface area contributed by atoms with Crippen LogP contribution in [0.15, 0.2) is 36.8 Å². The molecular formula is C15H16FN3O. The van der Waals surface area contributed by atoms with Crippen molar-refractivity contribution in [3.63, 3.8) is 0 Å². The van der Waals surface area contributed by atoms with Crippen molar-refractivity contribution in [1.82, 2.24) is 14.5 Å². The number of amides is 1. The van der Waals surface area contributed by atoms with Crippen molar-refractivity contribution in [2.45, 2.75) is 18.9 Å². The number of hydrogen-bond acceptors (Lipinski definition) is 2. The molecule has 5 heteroatoms. The van der Waals surface area contributed by atoms with Gasteiger partial charge < -0.3 is 9.47 Å². The SMILES string of the molecule is Cn1cnc(C(=O)N2CCCC2c2ccc(F)cc2)c1. The maximum Gasteiger partial charge on any atom is 0.274 e. The lowest BCUT2D eigenvalue weighted by Crippen LogP contribution is -2.30. The molecular weight excluding hydrogens is 257 g/mol. The molecule has 20 heavy (non-hydrogen) atoms. The number of aromatic nitrogens is 2. The molecule has 0 radical (unpaired) electrons. The van der Waals surface area contributed by atoms with Crippen LogP contribution in [0.4, 0.5) is 4.39 Å². The number of nitrogens with zero attached hydrogens (tertiary/aromatic N) is 3. The van der Waals surface area contributed by atoms with Crippen molar-refractivity contribution in [1.29, 1.82) is 0 Å². The predicted molar refractivity (Wildman–Crippen MR) is 72.6 cm³/mol. The molecule has 1 aliphatic rings. The van der Waals surface area contributed by atoms with Crippen LogP contribution in [0.5, 0.6) is 0 Å². The topological polar surface area (TPSA) is 38.1 Å². The lowest BCUT2D eigenvalue weighted by molar-refractivity contribution is 0.0730. The average molecular weight is 273 g/mol. The summed E-state index contributed by atoms with van der Waals surface area (Å²) in [7, 11) is 1.84. The van der Waals surface area contributed by atoms with E-state index < -0.39 is 0 Å². The van der Waals surface area contributed by atoms with Gasteiger partial charge in [-0.05, 0) is 30.5 Å². The summed E-state index contributed by atoms with van der Waals surface area (Å²) in [5, 5.41) is 0. The first-order valence-corrected chi connectivity index (χ1v) is 6.69. The third kappa shape index (κ3) is 2.31. The first-order valence-electron chi connectivity index (χ1n) is 6.69. The van der Waals surface area contributed by atoms with Gasteiger partial charge >= 0.3 is 0 Å². The fourth-order valence-corrected chi connectivity index (χ4v) is 2.71. The molecule has 104 valence electrons. The van der Waals surface area contributed by atoms with Gasteiger partial charge in [0.1, 0.15) is 11.5 Å². The molecule has 4 nitrogen and oxygen atoms in total. The van der Waals surface area contributed by atoms with Gasteiger partial charge in [-0.3, -0.25) is 4.79 Å². The van der Waals surface area contributed by atoms with E-state index in [1.54, 1.807) is 29.2 Å². The Bertz CT molecular complexity index is 620. The van der Waals surface area contributed by atoms with E-state index in [0.717, 1.165) is 24.9 Å². The maximum absolute atomic E-state index is 13.0. The number of imidazole rings is 1. The predicted octanol–water partition coefficient (Wildman–Crippen LogP) is 2.54. The molecule has 0 aliphatic carbocycles. The molecule has 1 fully saturated rings. The number of carbonyl (C=O) groups is 1. The highest BCUT2D eigenvalue weighted by Gasteiger charge is 2.31. The van der Waals surface area contributed by atoms with Gasteiger partial charge in [0.25, 0.3) is 5.91 Å². The molecule has 0 spiro atoms. The van der Waals surface area contributed by atoms with Gasteiger partial charge in [-0.15, -0.1) is 0 Å². The molecule has 0 bridgehead atoms. The Balaban J connectivity index is 1.85. The van der Waals surface area contributed by atoms with Gasteiger partial charge in [0.2, 0.25) is 0 Å². The van der Waals surface area contributed by atoms with Crippen LogP contribution in [0.2, 0.25) is 0 Å². The van der Waals surface area contributed by atoms with E-state index in [2.05, 4.69) is 4.98 Å². The Morgan fingerprint density at radius 1 is 1.35 bits per heavy atom. The van der Waals surface area contributed by atoms with Crippen molar-refractivity contribution in [2.24, 2.45) is 7.05 Å². The van der Waals surface area contributed by atoms with Crippen LogP contribution in [0, 0.1) is 5.82 Å². The minimum absolute atomic E-state index is 0.0186. The normalized spacial score (nSPS) is 18.5. The zero-order chi connectivity index (χ0) is 14.1. The van der Waals surface area contributed by atoms with Crippen LogP contribution >= 0.6 is 0 Å². The smallest absolute Gasteiger partial charge is 0.274 e. The minimum Gasteiger partial charge on any atom is -0.340 e. The number of halogens is 1. The Kier molecular flexibility index (Phi) is 3.26. The number of hydrogen-bond donors (Lipinski definition) is 0. The molecule has 0 saturated carbocycles. The Labute approximate surface area is 116 Å². The summed E-state index contributed by atoms with van der Waals surface area (Å²) in [5.74, 6) is -0.313. The van der Waals surface area contributed by atoms with Crippen LogP contribution in [0.3, 0.4) is 0 Å². The summed E-state index contributed by atoms with van der Waals surface area (Å²) < 4.78 is 14.8. The van der Waals surface area contributed by atoms with E-state index in [1.165, 1.54) is 12.1 Å². The lowest BCUT2D eigenvalue weighted by atomic mass is 10.0. The van der Waals surface area contributed by atoms with Crippen LogP contribution in [0.25, 0.3) is 0 Å². The van der Waals surface area contributed by atoms with E-state index in [-0.39, 0.29) is 17.8 Å². The summed E-state index contributed by atoms with van der Waals surface area (Å²) in [6.07, 6.45) is 5.21. The molecule has 1 aliphatic heterocycles. The standard InChI is InChI=1S/C15H16FN3O/c1-18-9-13(17-10-18)15(20)19-8-2-3-14(19)11-4-6-12(16)7-5-11/h4-7,9-10,14H,2-3,8H2,1H3. The molecule has 1 atom stereocenters. The van der Waals surface area contributed by atoms with Gasteiger partial charge in [-0.2, -0.15) is 0 Å². The molecule has 1 saturated heterocycles. The molecule has 3 rings (SSSR count). The van der Waals surface area contributed by atoms with Crippen molar-refractivity contribution < 1.29 is 9.18 Å². The molecule has 1 aromatic carbocycles. The fraction of sp³-hybridized carbons (Fsp3) is 0.333. The summed E-state index contributed by atoms with van der Waals surface area (Å²) >= 11 is 0. The van der Waals surface area contributed by atoms with Crippen molar-refractivity contribution in [3.8, 4) is 0 Å². The summed E-state index contributed by atoms with van der Waals surface area (Å²) in [4.78, 5) is 18.4. The second-order valence-corrected chi connectivity index (χ2v) is 5.13. The average Bonchev–Trinajstić information content (AvgIpc) is 3.07. The Morgan fingerprint density at radius 3 is 2.75 bits per heavy atom. The summed E-state index contributed by atoms with van der Waals surface area (Å²) in [6, 6.07) is 6.41. The lowest BCUT2D eigenvalue weighted by Gasteiger charge is -2.24. The van der Waals surface area contributed by atoms with Gasteiger partial charge in [0.05, 0.1) is 12.4 Å². The molecule has 0 N–H and O–H groups in total. The van der Waals surface area contributed by atoms with Crippen LogP contribution in [0.1, 0.15) is 34.9 Å². The fourth-order valence-electron chi connectivity index (χ4n) is 2.71. The third-order valence-corrected chi connectivity index (χ3v) is 3.69. The Morgan fingerprint density at radius 2 is 2.10 bits per heavy atom. The number of carbonyl (C=O) groups excluding carboxylic acids is 1. The van der Waals surface area contributed by atoms with Crippen LogP contribution < -0.4 is 0 Å². The number of benzene rings is 1. The van der Waals surface area contributed by atoms with Crippen molar-refractivity contribution in [3.05, 3.63) is 53.9 Å². The highest BCUT2D eigenvalue weighted by molar-refractivity contribution is 5.92. The van der Waals surface area contributed by atoms with Crippen LogP contribution in [-0.2, 0) is 7.05 Å². The molecule has 2 aromatic rings. The van der Waals surface area contributed by atoms with E-state index >= 15 is 0 Å². The van der Waals surface area contributed by atoms with Crippen LogP contribution in [-0.4, -0.2) is 26.9 Å². The molecule has 2 heterocycles. The minimum atomic E-state index is -0.255. The van der Waals surface area contributed by atoms with Crippen molar-refractivity contribution >= 4 is 5.91 Å². The van der Waals surface area contributed by atoms with Gasteiger partial charge in [0.15, 0.2) is 0 Å². The van der Waals surface area contributed by atoms with Crippen molar-refractivity contribution in [2.75, 3.05) is 6.54 Å². The highest BCUT2D eigenvalue weighted by atomic mass is 19.1. The molecule has 1 aromatic heterocycles. The third-order valence-electron chi connectivity index (χ3n) is 3.69. The zero-order valence-electron chi connectivity index (χ0n) is 11.3. The zero-order valence-corrected chi connectivity index (χ0v) is 11.3. The first kappa shape index (κ1) is 12.8. The summed E-state index contributed by atoms with van der Waals surface area (Å²) in [5.41, 5.74) is 1.44.